The Bertz CT molecular complexity index is 406. The second-order valence-electron chi connectivity index (χ2n) is 2.45. The fourth-order valence-corrected chi connectivity index (χ4v) is 2.52. The third-order valence-electron chi connectivity index (χ3n) is 1.46. The topological polar surface area (TPSA) is 56.7 Å². The Morgan fingerprint density at radius 2 is 2.38 bits per heavy atom. The van der Waals surface area contributed by atoms with Crippen LogP contribution >= 0.6 is 23.1 Å². The van der Waals surface area contributed by atoms with Crippen molar-refractivity contribution >= 4 is 28.1 Å². The average Bonchev–Trinajstić information content (AvgIpc) is 2.64. The summed E-state index contributed by atoms with van der Waals surface area (Å²) in [7, 11) is 1.95. The van der Waals surface area contributed by atoms with E-state index in [-0.39, 0.29) is 0 Å². The van der Waals surface area contributed by atoms with Crippen LogP contribution in [0.25, 0.3) is 0 Å². The highest BCUT2D eigenvalue weighted by Gasteiger charge is 2.05. The van der Waals surface area contributed by atoms with Crippen molar-refractivity contribution in [3.63, 3.8) is 0 Å². The minimum Gasteiger partial charge on any atom is -0.389 e. The van der Waals surface area contributed by atoms with Crippen LogP contribution in [0.5, 0.6) is 0 Å². The standard InChI is InChI=1S/C7H8N4S2/c1-11-3-2-9-6(11)13-7-10-4-5(8)12-7/h2-4H,8H2,1H3. The molecule has 0 aliphatic rings. The molecule has 0 aliphatic heterocycles. The second kappa shape index (κ2) is 3.39. The zero-order valence-electron chi connectivity index (χ0n) is 6.97. The zero-order chi connectivity index (χ0) is 9.26. The Labute approximate surface area is 83.8 Å². The molecule has 2 aromatic heterocycles. The van der Waals surface area contributed by atoms with E-state index in [1.54, 1.807) is 12.4 Å². The second-order valence-corrected chi connectivity index (χ2v) is 4.73. The van der Waals surface area contributed by atoms with Gasteiger partial charge < -0.3 is 10.3 Å². The molecular formula is C7H8N4S2. The van der Waals surface area contributed by atoms with E-state index in [9.17, 15) is 0 Å². The molecule has 4 nitrogen and oxygen atoms in total. The lowest BCUT2D eigenvalue weighted by atomic mass is 10.9. The van der Waals surface area contributed by atoms with Gasteiger partial charge in [0.2, 0.25) is 0 Å². The monoisotopic (exact) mass is 212 g/mol. The maximum absolute atomic E-state index is 5.56. The molecule has 0 amide bonds. The molecule has 0 saturated heterocycles. The van der Waals surface area contributed by atoms with Crippen LogP contribution in [0, 0.1) is 0 Å². The summed E-state index contributed by atoms with van der Waals surface area (Å²) in [5, 5.41) is 1.66. The molecule has 68 valence electrons. The van der Waals surface area contributed by atoms with E-state index in [4.69, 9.17) is 5.73 Å². The van der Waals surface area contributed by atoms with Gasteiger partial charge in [0.15, 0.2) is 9.50 Å². The molecule has 2 heterocycles. The van der Waals surface area contributed by atoms with E-state index in [1.807, 2.05) is 17.8 Å². The first-order valence-electron chi connectivity index (χ1n) is 3.62. The van der Waals surface area contributed by atoms with Crippen molar-refractivity contribution in [3.8, 4) is 0 Å². The minimum atomic E-state index is 0.733. The largest absolute Gasteiger partial charge is 0.389 e. The van der Waals surface area contributed by atoms with Gasteiger partial charge in [0.1, 0.15) is 5.00 Å². The summed E-state index contributed by atoms with van der Waals surface area (Å²) >= 11 is 2.99. The summed E-state index contributed by atoms with van der Waals surface area (Å²) in [6.45, 7) is 0. The lowest BCUT2D eigenvalue weighted by molar-refractivity contribution is 0.790. The molecular weight excluding hydrogens is 204 g/mol. The van der Waals surface area contributed by atoms with E-state index in [0.29, 0.717) is 0 Å². The molecule has 2 aromatic rings. The number of imidazole rings is 1. The summed E-state index contributed by atoms with van der Waals surface area (Å²) < 4.78 is 2.87. The molecule has 0 radical (unpaired) electrons. The van der Waals surface area contributed by atoms with Crippen LogP contribution in [0.2, 0.25) is 0 Å². The molecule has 0 saturated carbocycles. The van der Waals surface area contributed by atoms with E-state index >= 15 is 0 Å². The fraction of sp³-hybridized carbons (Fsp3) is 0.143. The molecule has 2 rings (SSSR count). The van der Waals surface area contributed by atoms with Crippen molar-refractivity contribution in [1.82, 2.24) is 14.5 Å². The highest BCUT2D eigenvalue weighted by molar-refractivity contribution is 8.00. The molecule has 0 bridgehead atoms. The molecule has 13 heavy (non-hydrogen) atoms. The van der Waals surface area contributed by atoms with E-state index < -0.39 is 0 Å². The van der Waals surface area contributed by atoms with Gasteiger partial charge in [-0.15, -0.1) is 0 Å². The van der Waals surface area contributed by atoms with Crippen LogP contribution in [0.15, 0.2) is 28.1 Å². The number of hydrogen-bond donors (Lipinski definition) is 1. The predicted molar refractivity (Wildman–Crippen MR) is 53.9 cm³/mol. The number of nitrogens with two attached hydrogens (primary N) is 1. The summed E-state index contributed by atoms with van der Waals surface area (Å²) in [4.78, 5) is 8.31. The first-order chi connectivity index (χ1) is 6.25. The highest BCUT2D eigenvalue weighted by Crippen LogP contribution is 2.30. The number of aryl methyl sites for hydroxylation is 1. The van der Waals surface area contributed by atoms with Gasteiger partial charge >= 0.3 is 0 Å². The van der Waals surface area contributed by atoms with Gasteiger partial charge in [0.05, 0.1) is 6.20 Å². The number of nitrogens with zero attached hydrogens (tertiary/aromatic N) is 3. The van der Waals surface area contributed by atoms with Gasteiger partial charge in [0.25, 0.3) is 0 Å². The molecule has 0 aromatic carbocycles. The highest BCUT2D eigenvalue weighted by atomic mass is 32.2. The van der Waals surface area contributed by atoms with Crippen LogP contribution in [-0.4, -0.2) is 14.5 Å². The maximum atomic E-state index is 5.56. The Hall–Kier alpha value is -1.01. The third kappa shape index (κ3) is 1.84. The maximum Gasteiger partial charge on any atom is 0.174 e. The Kier molecular flexibility index (Phi) is 2.24. The normalized spacial score (nSPS) is 10.5. The van der Waals surface area contributed by atoms with Gasteiger partial charge in [0, 0.05) is 19.4 Å². The number of hydrogen-bond acceptors (Lipinski definition) is 5. The van der Waals surface area contributed by atoms with Gasteiger partial charge in [-0.1, -0.05) is 11.3 Å². The Morgan fingerprint density at radius 1 is 1.54 bits per heavy atom. The van der Waals surface area contributed by atoms with Crippen molar-refractivity contribution in [2.24, 2.45) is 7.05 Å². The molecule has 0 spiro atoms. The number of nitrogen functional groups attached to an aromatic ring is 1. The lowest BCUT2D eigenvalue weighted by Crippen LogP contribution is -1.87. The van der Waals surface area contributed by atoms with Crippen LogP contribution in [0.4, 0.5) is 5.00 Å². The van der Waals surface area contributed by atoms with Crippen molar-refractivity contribution in [1.29, 1.82) is 0 Å². The van der Waals surface area contributed by atoms with Crippen LogP contribution in [0.1, 0.15) is 0 Å². The number of rotatable bonds is 2. The number of anilines is 1. The average molecular weight is 212 g/mol. The van der Waals surface area contributed by atoms with Gasteiger partial charge in [-0.25, -0.2) is 9.97 Å². The molecule has 0 aliphatic carbocycles. The van der Waals surface area contributed by atoms with Crippen molar-refractivity contribution < 1.29 is 0 Å². The van der Waals surface area contributed by atoms with Crippen molar-refractivity contribution in [2.75, 3.05) is 5.73 Å². The minimum absolute atomic E-state index is 0.733. The van der Waals surface area contributed by atoms with Crippen LogP contribution < -0.4 is 5.73 Å². The summed E-state index contributed by atoms with van der Waals surface area (Å²) in [5.41, 5.74) is 5.56. The van der Waals surface area contributed by atoms with E-state index in [0.717, 1.165) is 14.5 Å². The van der Waals surface area contributed by atoms with Crippen molar-refractivity contribution in [2.45, 2.75) is 9.50 Å². The molecule has 0 fully saturated rings. The van der Waals surface area contributed by atoms with Gasteiger partial charge in [-0.05, 0) is 11.8 Å². The quantitative estimate of drug-likeness (QED) is 0.821. The van der Waals surface area contributed by atoms with Crippen LogP contribution in [-0.2, 0) is 7.05 Å². The Balaban J connectivity index is 2.19. The first kappa shape index (κ1) is 8.58. The van der Waals surface area contributed by atoms with Gasteiger partial charge in [-0.3, -0.25) is 0 Å². The lowest BCUT2D eigenvalue weighted by Gasteiger charge is -1.95. The Morgan fingerprint density at radius 3 is 2.92 bits per heavy atom. The summed E-state index contributed by atoms with van der Waals surface area (Å²) in [5.74, 6) is 0. The van der Waals surface area contributed by atoms with Gasteiger partial charge in [-0.2, -0.15) is 0 Å². The van der Waals surface area contributed by atoms with Crippen LogP contribution in [0.3, 0.4) is 0 Å². The summed E-state index contributed by atoms with van der Waals surface area (Å²) in [6, 6.07) is 0. The number of aromatic nitrogens is 3. The predicted octanol–water partition coefficient (Wildman–Crippen LogP) is 1.61. The molecule has 0 atom stereocenters. The van der Waals surface area contributed by atoms with E-state index in [1.165, 1.54) is 23.1 Å². The smallest absolute Gasteiger partial charge is 0.174 e. The first-order valence-corrected chi connectivity index (χ1v) is 5.25. The SMILES string of the molecule is Cn1ccnc1Sc1ncc(N)s1. The van der Waals surface area contributed by atoms with E-state index in [2.05, 4.69) is 9.97 Å². The molecule has 2 N–H and O–H groups in total. The molecule has 0 unspecified atom stereocenters. The van der Waals surface area contributed by atoms with Crippen molar-refractivity contribution in [3.05, 3.63) is 18.6 Å². The summed E-state index contributed by atoms with van der Waals surface area (Å²) in [6.07, 6.45) is 5.33. The fourth-order valence-electron chi connectivity index (χ4n) is 0.845. The third-order valence-corrected chi connectivity index (χ3v) is 3.44. The molecule has 6 heteroatoms. The zero-order valence-corrected chi connectivity index (χ0v) is 8.60. The number of thiazole rings is 1.